The molecule has 0 aliphatic rings. The maximum atomic E-state index is 9.63. The summed E-state index contributed by atoms with van der Waals surface area (Å²) in [5.74, 6) is -0.521. The first-order valence-corrected chi connectivity index (χ1v) is 4.05. The van der Waals surface area contributed by atoms with Crippen LogP contribution < -0.4 is 0 Å². The van der Waals surface area contributed by atoms with Gasteiger partial charge in [-0.05, 0) is 19.9 Å². The molecule has 0 spiro atoms. The molecular weight excluding hydrogens is 182 g/mol. The molecular formula is C10H11NO3. The molecule has 0 unspecified atom stereocenters. The van der Waals surface area contributed by atoms with Crippen molar-refractivity contribution in [3.63, 3.8) is 0 Å². The molecule has 0 bridgehead atoms. The number of rotatable bonds is 1. The Hall–Kier alpha value is -1.73. The minimum atomic E-state index is -1.25. The van der Waals surface area contributed by atoms with Crippen LogP contribution in [-0.2, 0) is 5.60 Å². The zero-order chi connectivity index (χ0) is 10.9. The van der Waals surface area contributed by atoms with Gasteiger partial charge in [-0.1, -0.05) is 0 Å². The maximum absolute atomic E-state index is 9.63. The van der Waals surface area contributed by atoms with Crippen molar-refractivity contribution in [3.8, 4) is 17.6 Å². The van der Waals surface area contributed by atoms with Gasteiger partial charge in [0.2, 0.25) is 0 Å². The Labute approximate surface area is 81.7 Å². The number of phenols is 2. The van der Waals surface area contributed by atoms with Crippen molar-refractivity contribution in [1.82, 2.24) is 0 Å². The van der Waals surface area contributed by atoms with Crippen LogP contribution in [0.3, 0.4) is 0 Å². The second kappa shape index (κ2) is 3.20. The van der Waals surface area contributed by atoms with Crippen molar-refractivity contribution in [3.05, 3.63) is 23.3 Å². The number of hydrogen-bond acceptors (Lipinski definition) is 4. The van der Waals surface area contributed by atoms with E-state index < -0.39 is 5.60 Å². The SMILES string of the molecule is CC(C)(O)c1cc(C#N)c(O)cc1O. The molecule has 4 heteroatoms. The molecule has 3 N–H and O–H groups in total. The maximum Gasteiger partial charge on any atom is 0.137 e. The van der Waals surface area contributed by atoms with Crippen LogP contribution in [0.15, 0.2) is 12.1 Å². The Kier molecular flexibility index (Phi) is 2.37. The summed E-state index contributed by atoms with van der Waals surface area (Å²) in [6, 6.07) is 4.08. The summed E-state index contributed by atoms with van der Waals surface area (Å²) in [6.07, 6.45) is 0. The van der Waals surface area contributed by atoms with E-state index in [1.807, 2.05) is 0 Å². The second-order valence-electron chi connectivity index (χ2n) is 3.56. The fourth-order valence-electron chi connectivity index (χ4n) is 1.16. The minimum Gasteiger partial charge on any atom is -0.507 e. The van der Waals surface area contributed by atoms with Crippen LogP contribution in [0.5, 0.6) is 11.5 Å². The summed E-state index contributed by atoms with van der Waals surface area (Å²) in [5.41, 5.74) is -1.00. The predicted molar refractivity (Wildman–Crippen MR) is 49.7 cm³/mol. The molecule has 0 radical (unpaired) electrons. The van der Waals surface area contributed by atoms with Crippen molar-refractivity contribution in [2.45, 2.75) is 19.4 Å². The normalized spacial score (nSPS) is 11.0. The third-order valence-electron chi connectivity index (χ3n) is 1.89. The van der Waals surface area contributed by atoms with E-state index >= 15 is 0 Å². The van der Waals surface area contributed by atoms with E-state index in [0.29, 0.717) is 0 Å². The lowest BCUT2D eigenvalue weighted by molar-refractivity contribution is 0.0757. The lowest BCUT2D eigenvalue weighted by Gasteiger charge is -2.19. The highest BCUT2D eigenvalue weighted by Crippen LogP contribution is 2.33. The van der Waals surface area contributed by atoms with Crippen molar-refractivity contribution in [2.75, 3.05) is 0 Å². The molecule has 0 saturated heterocycles. The molecule has 0 atom stereocenters. The molecule has 0 aromatic heterocycles. The van der Waals surface area contributed by atoms with Crippen molar-refractivity contribution in [1.29, 1.82) is 5.26 Å². The number of nitriles is 1. The first kappa shape index (κ1) is 10.4. The molecule has 0 aliphatic carbocycles. The monoisotopic (exact) mass is 193 g/mol. The standard InChI is InChI=1S/C10H11NO3/c1-10(2,14)7-3-6(5-11)8(12)4-9(7)13/h3-4,12-14H,1-2H3. The topological polar surface area (TPSA) is 84.5 Å². The van der Waals surface area contributed by atoms with Crippen molar-refractivity contribution in [2.24, 2.45) is 0 Å². The van der Waals surface area contributed by atoms with E-state index in [1.165, 1.54) is 19.9 Å². The number of benzene rings is 1. The molecule has 14 heavy (non-hydrogen) atoms. The molecule has 0 amide bonds. The number of phenolic OH excluding ortho intramolecular Hbond substituents is 2. The highest BCUT2D eigenvalue weighted by molar-refractivity contribution is 5.52. The summed E-state index contributed by atoms with van der Waals surface area (Å²) in [4.78, 5) is 0. The van der Waals surface area contributed by atoms with Gasteiger partial charge in [0, 0.05) is 11.6 Å². The Balaban J connectivity index is 3.41. The van der Waals surface area contributed by atoms with Crippen LogP contribution in [-0.4, -0.2) is 15.3 Å². The average molecular weight is 193 g/mol. The third kappa shape index (κ3) is 1.78. The third-order valence-corrected chi connectivity index (χ3v) is 1.89. The fraction of sp³-hybridized carbons (Fsp3) is 0.300. The van der Waals surface area contributed by atoms with Crippen LogP contribution in [0.1, 0.15) is 25.0 Å². The van der Waals surface area contributed by atoms with Gasteiger partial charge in [-0.25, -0.2) is 0 Å². The van der Waals surface area contributed by atoms with E-state index in [0.717, 1.165) is 6.07 Å². The lowest BCUT2D eigenvalue weighted by Crippen LogP contribution is -2.15. The van der Waals surface area contributed by atoms with E-state index in [-0.39, 0.29) is 22.6 Å². The molecule has 0 aliphatic heterocycles. The average Bonchev–Trinajstić information content (AvgIpc) is 2.02. The summed E-state index contributed by atoms with van der Waals surface area (Å²) in [6.45, 7) is 2.97. The number of aliphatic hydroxyl groups is 1. The van der Waals surface area contributed by atoms with E-state index in [2.05, 4.69) is 0 Å². The summed E-state index contributed by atoms with van der Waals surface area (Å²) >= 11 is 0. The Morgan fingerprint density at radius 2 is 1.79 bits per heavy atom. The van der Waals surface area contributed by atoms with Crippen LogP contribution in [0.25, 0.3) is 0 Å². The Morgan fingerprint density at radius 1 is 1.21 bits per heavy atom. The summed E-state index contributed by atoms with van der Waals surface area (Å²) in [7, 11) is 0. The van der Waals surface area contributed by atoms with Crippen molar-refractivity contribution >= 4 is 0 Å². The molecule has 1 aromatic carbocycles. The van der Waals surface area contributed by atoms with Gasteiger partial charge in [-0.3, -0.25) is 0 Å². The van der Waals surface area contributed by atoms with Crippen LogP contribution in [0.2, 0.25) is 0 Å². The first-order valence-electron chi connectivity index (χ1n) is 4.05. The van der Waals surface area contributed by atoms with Crippen LogP contribution >= 0.6 is 0 Å². The van der Waals surface area contributed by atoms with Crippen LogP contribution in [0.4, 0.5) is 0 Å². The lowest BCUT2D eigenvalue weighted by atomic mass is 9.95. The van der Waals surface area contributed by atoms with Gasteiger partial charge in [0.1, 0.15) is 17.6 Å². The number of aromatic hydroxyl groups is 2. The minimum absolute atomic E-state index is 0.0277. The zero-order valence-corrected chi connectivity index (χ0v) is 7.94. The fourth-order valence-corrected chi connectivity index (χ4v) is 1.16. The van der Waals surface area contributed by atoms with E-state index in [1.54, 1.807) is 6.07 Å². The van der Waals surface area contributed by atoms with Gasteiger partial charge in [0.25, 0.3) is 0 Å². The Morgan fingerprint density at radius 3 is 2.21 bits per heavy atom. The highest BCUT2D eigenvalue weighted by Gasteiger charge is 2.22. The molecule has 4 nitrogen and oxygen atoms in total. The van der Waals surface area contributed by atoms with Gasteiger partial charge in [-0.2, -0.15) is 5.26 Å². The second-order valence-corrected chi connectivity index (χ2v) is 3.56. The first-order chi connectivity index (χ1) is 6.36. The van der Waals surface area contributed by atoms with Crippen molar-refractivity contribution < 1.29 is 15.3 Å². The van der Waals surface area contributed by atoms with Crippen LogP contribution in [0, 0.1) is 11.3 Å². The molecule has 0 fully saturated rings. The van der Waals surface area contributed by atoms with E-state index in [9.17, 15) is 15.3 Å². The summed E-state index contributed by atoms with van der Waals surface area (Å²) in [5, 5.41) is 36.9. The predicted octanol–water partition coefficient (Wildman–Crippen LogP) is 1.20. The molecule has 0 heterocycles. The highest BCUT2D eigenvalue weighted by atomic mass is 16.3. The number of hydrogen-bond donors (Lipinski definition) is 3. The number of nitrogens with zero attached hydrogens (tertiary/aromatic N) is 1. The van der Waals surface area contributed by atoms with Gasteiger partial charge >= 0.3 is 0 Å². The van der Waals surface area contributed by atoms with E-state index in [4.69, 9.17) is 5.26 Å². The van der Waals surface area contributed by atoms with Gasteiger partial charge < -0.3 is 15.3 Å². The largest absolute Gasteiger partial charge is 0.507 e. The molecule has 74 valence electrons. The zero-order valence-electron chi connectivity index (χ0n) is 7.94. The molecule has 1 aromatic rings. The van der Waals surface area contributed by atoms with Gasteiger partial charge in [-0.15, -0.1) is 0 Å². The Bertz CT molecular complexity index is 399. The smallest absolute Gasteiger partial charge is 0.137 e. The molecule has 1 rings (SSSR count). The van der Waals surface area contributed by atoms with Gasteiger partial charge in [0.15, 0.2) is 0 Å². The molecule has 0 saturated carbocycles. The van der Waals surface area contributed by atoms with Gasteiger partial charge in [0.05, 0.1) is 11.2 Å². The summed E-state index contributed by atoms with van der Waals surface area (Å²) < 4.78 is 0. The quantitative estimate of drug-likeness (QED) is 0.625.